The van der Waals surface area contributed by atoms with E-state index in [1.807, 2.05) is 20.9 Å². The predicted octanol–water partition coefficient (Wildman–Crippen LogP) is 1.35. The third-order valence-electron chi connectivity index (χ3n) is 2.39. The maximum atomic E-state index is 11.3. The normalized spacial score (nSPS) is 10.7. The van der Waals surface area contributed by atoms with E-state index in [2.05, 4.69) is 17.0 Å². The fourth-order valence-electron chi connectivity index (χ4n) is 1.42. The van der Waals surface area contributed by atoms with Crippen LogP contribution in [0, 0.1) is 13.8 Å². The van der Waals surface area contributed by atoms with Crippen LogP contribution in [0.25, 0.3) is 6.08 Å². The molecule has 0 spiro atoms. The molecule has 0 aliphatic heterocycles. The van der Waals surface area contributed by atoms with Gasteiger partial charge in [0.15, 0.2) is 0 Å². The van der Waals surface area contributed by atoms with Crippen LogP contribution in [-0.4, -0.2) is 22.2 Å². The minimum absolute atomic E-state index is 0.123. The van der Waals surface area contributed by atoms with Crippen molar-refractivity contribution in [3.8, 4) is 0 Å². The van der Waals surface area contributed by atoms with Gasteiger partial charge in [0.25, 0.3) is 0 Å². The van der Waals surface area contributed by atoms with Crippen LogP contribution in [0.2, 0.25) is 0 Å². The smallest absolute Gasteiger partial charge is 0.244 e. The number of amides is 1. The maximum Gasteiger partial charge on any atom is 0.244 e. The van der Waals surface area contributed by atoms with Crippen molar-refractivity contribution in [3.05, 3.63) is 35.7 Å². The summed E-state index contributed by atoms with van der Waals surface area (Å²) in [6.45, 7) is 7.91. The van der Waals surface area contributed by atoms with Crippen LogP contribution in [-0.2, 0) is 11.8 Å². The Morgan fingerprint density at radius 3 is 2.75 bits per heavy atom. The number of nitrogens with one attached hydrogen (secondary N) is 1. The molecule has 0 radical (unpaired) electrons. The monoisotopic (exact) mass is 219 g/mol. The van der Waals surface area contributed by atoms with Gasteiger partial charge in [-0.05, 0) is 19.9 Å². The van der Waals surface area contributed by atoms with Crippen molar-refractivity contribution in [3.63, 3.8) is 0 Å². The highest BCUT2D eigenvalue weighted by atomic mass is 16.1. The van der Waals surface area contributed by atoms with Gasteiger partial charge >= 0.3 is 0 Å². The number of carbonyl (C=O) groups excluding carboxylic acids is 1. The lowest BCUT2D eigenvalue weighted by Gasteiger charge is -1.96. The van der Waals surface area contributed by atoms with Crippen LogP contribution in [0.5, 0.6) is 0 Å². The van der Waals surface area contributed by atoms with Crippen molar-refractivity contribution >= 4 is 12.0 Å². The molecule has 0 aromatic carbocycles. The molecule has 1 rings (SSSR count). The van der Waals surface area contributed by atoms with Gasteiger partial charge in [0.05, 0.1) is 5.69 Å². The first-order valence-electron chi connectivity index (χ1n) is 5.13. The highest BCUT2D eigenvalue weighted by Crippen LogP contribution is 2.13. The Hall–Kier alpha value is -1.84. The summed E-state index contributed by atoms with van der Waals surface area (Å²) in [7, 11) is 1.89. The quantitative estimate of drug-likeness (QED) is 0.614. The lowest BCUT2D eigenvalue weighted by atomic mass is 10.2. The summed E-state index contributed by atoms with van der Waals surface area (Å²) in [6, 6.07) is 0. The minimum atomic E-state index is -0.123. The van der Waals surface area contributed by atoms with Crippen molar-refractivity contribution < 1.29 is 4.79 Å². The van der Waals surface area contributed by atoms with Crippen molar-refractivity contribution in [1.82, 2.24) is 15.1 Å². The molecule has 0 bridgehead atoms. The zero-order chi connectivity index (χ0) is 12.1. The first kappa shape index (κ1) is 12.2. The summed E-state index contributed by atoms with van der Waals surface area (Å²) in [5.41, 5.74) is 2.97. The number of carbonyl (C=O) groups is 1. The lowest BCUT2D eigenvalue weighted by molar-refractivity contribution is -0.116. The van der Waals surface area contributed by atoms with E-state index in [1.54, 1.807) is 16.8 Å². The molecule has 16 heavy (non-hydrogen) atoms. The first-order chi connectivity index (χ1) is 7.56. The van der Waals surface area contributed by atoms with E-state index >= 15 is 0 Å². The van der Waals surface area contributed by atoms with Gasteiger partial charge < -0.3 is 5.32 Å². The van der Waals surface area contributed by atoms with Gasteiger partial charge in [-0.1, -0.05) is 6.08 Å². The number of nitrogens with zero attached hydrogens (tertiary/aromatic N) is 2. The van der Waals surface area contributed by atoms with Gasteiger partial charge in [0.2, 0.25) is 5.91 Å². The summed E-state index contributed by atoms with van der Waals surface area (Å²) in [4.78, 5) is 11.3. The summed E-state index contributed by atoms with van der Waals surface area (Å²) >= 11 is 0. The molecule has 0 saturated carbocycles. The van der Waals surface area contributed by atoms with E-state index in [4.69, 9.17) is 0 Å². The molecule has 1 N–H and O–H groups in total. The average Bonchev–Trinajstić information content (AvgIpc) is 2.48. The molecule has 1 aromatic heterocycles. The Kier molecular flexibility index (Phi) is 4.05. The second-order valence-electron chi connectivity index (χ2n) is 3.58. The van der Waals surface area contributed by atoms with E-state index in [0.717, 1.165) is 17.0 Å². The van der Waals surface area contributed by atoms with Gasteiger partial charge in [0.1, 0.15) is 0 Å². The Bertz CT molecular complexity index is 430. The van der Waals surface area contributed by atoms with Crippen LogP contribution < -0.4 is 5.32 Å². The van der Waals surface area contributed by atoms with Crippen LogP contribution in [0.1, 0.15) is 17.0 Å². The third-order valence-corrected chi connectivity index (χ3v) is 2.39. The molecular formula is C12H17N3O. The second-order valence-corrected chi connectivity index (χ2v) is 3.58. The molecule has 0 aliphatic carbocycles. The molecule has 86 valence electrons. The zero-order valence-corrected chi connectivity index (χ0v) is 9.95. The van der Waals surface area contributed by atoms with Gasteiger partial charge in [-0.15, -0.1) is 6.58 Å². The lowest BCUT2D eigenvalue weighted by Crippen LogP contribution is -2.20. The minimum Gasteiger partial charge on any atom is -0.349 e. The molecule has 0 unspecified atom stereocenters. The van der Waals surface area contributed by atoms with E-state index in [9.17, 15) is 4.79 Å². The highest BCUT2D eigenvalue weighted by molar-refractivity contribution is 5.92. The number of hydrogen-bond donors (Lipinski definition) is 1. The van der Waals surface area contributed by atoms with E-state index in [1.165, 1.54) is 6.08 Å². The van der Waals surface area contributed by atoms with Crippen LogP contribution in [0.4, 0.5) is 0 Å². The van der Waals surface area contributed by atoms with Gasteiger partial charge in [0, 0.05) is 30.9 Å². The van der Waals surface area contributed by atoms with Crippen molar-refractivity contribution in [2.24, 2.45) is 7.05 Å². The second kappa shape index (κ2) is 5.30. The molecule has 1 aromatic rings. The van der Waals surface area contributed by atoms with E-state index < -0.39 is 0 Å². The summed E-state index contributed by atoms with van der Waals surface area (Å²) in [6.07, 6.45) is 4.95. The summed E-state index contributed by atoms with van der Waals surface area (Å²) in [5, 5.41) is 6.95. The van der Waals surface area contributed by atoms with Crippen molar-refractivity contribution in [2.45, 2.75) is 13.8 Å². The third kappa shape index (κ3) is 2.82. The molecule has 1 amide bonds. The summed E-state index contributed by atoms with van der Waals surface area (Å²) in [5.74, 6) is -0.123. The molecule has 1 heterocycles. The van der Waals surface area contributed by atoms with Crippen LogP contribution in [0.3, 0.4) is 0 Å². The SMILES string of the molecule is C=CCNC(=O)/C=C/c1c(C)nn(C)c1C. The van der Waals surface area contributed by atoms with Gasteiger partial charge in [-0.25, -0.2) is 0 Å². The fraction of sp³-hybridized carbons (Fsp3) is 0.333. The molecule has 4 heteroatoms. The molecular weight excluding hydrogens is 202 g/mol. The Morgan fingerprint density at radius 1 is 1.56 bits per heavy atom. The standard InChI is InChI=1S/C12H17N3O/c1-5-8-13-12(16)7-6-11-9(2)14-15(4)10(11)3/h5-7H,1,8H2,2-4H3,(H,13,16)/b7-6+. The van der Waals surface area contributed by atoms with Gasteiger partial charge in [-0.2, -0.15) is 5.10 Å². The largest absolute Gasteiger partial charge is 0.349 e. The van der Waals surface area contributed by atoms with Crippen LogP contribution >= 0.6 is 0 Å². The zero-order valence-electron chi connectivity index (χ0n) is 9.95. The topological polar surface area (TPSA) is 46.9 Å². The number of aromatic nitrogens is 2. The van der Waals surface area contributed by atoms with Gasteiger partial charge in [-0.3, -0.25) is 9.48 Å². The molecule has 0 saturated heterocycles. The van der Waals surface area contributed by atoms with E-state index in [0.29, 0.717) is 6.54 Å². The number of aryl methyl sites for hydroxylation is 2. The Labute approximate surface area is 95.7 Å². The molecule has 0 aliphatic rings. The number of hydrogen-bond acceptors (Lipinski definition) is 2. The van der Waals surface area contributed by atoms with Crippen molar-refractivity contribution in [2.75, 3.05) is 6.54 Å². The predicted molar refractivity (Wildman–Crippen MR) is 64.9 cm³/mol. The molecule has 0 atom stereocenters. The first-order valence-corrected chi connectivity index (χ1v) is 5.13. The van der Waals surface area contributed by atoms with Crippen LogP contribution in [0.15, 0.2) is 18.7 Å². The fourth-order valence-corrected chi connectivity index (χ4v) is 1.42. The molecule has 0 fully saturated rings. The Balaban J connectivity index is 2.76. The number of rotatable bonds is 4. The maximum absolute atomic E-state index is 11.3. The van der Waals surface area contributed by atoms with E-state index in [-0.39, 0.29) is 5.91 Å². The average molecular weight is 219 g/mol. The highest BCUT2D eigenvalue weighted by Gasteiger charge is 2.05. The molecule has 4 nitrogen and oxygen atoms in total. The summed E-state index contributed by atoms with van der Waals surface area (Å²) < 4.78 is 1.80. The van der Waals surface area contributed by atoms with Crippen molar-refractivity contribution in [1.29, 1.82) is 0 Å². The Morgan fingerprint density at radius 2 is 2.25 bits per heavy atom.